The Bertz CT molecular complexity index is 253. The Morgan fingerprint density at radius 2 is 1.79 bits per heavy atom. The average molecular weight is 204 g/mol. The van der Waals surface area contributed by atoms with Crippen molar-refractivity contribution in [3.63, 3.8) is 0 Å². The standard InChI is InChI=1S/C10H14F2O2/c1-2-3-9(11)4-6-10(12,7-5-9)8(13)14/h2-3H,4-7H2,1H3,(H,13,14)/b3-2+. The summed E-state index contributed by atoms with van der Waals surface area (Å²) in [4.78, 5) is 10.5. The van der Waals surface area contributed by atoms with Gasteiger partial charge < -0.3 is 5.11 Å². The number of carboxylic acid groups (broad SMARTS) is 1. The molecule has 0 aromatic carbocycles. The van der Waals surface area contributed by atoms with Gasteiger partial charge in [-0.05, 0) is 32.6 Å². The Morgan fingerprint density at radius 3 is 2.14 bits per heavy atom. The van der Waals surface area contributed by atoms with Gasteiger partial charge in [0.2, 0.25) is 5.67 Å². The van der Waals surface area contributed by atoms with Crippen LogP contribution in [0.5, 0.6) is 0 Å². The van der Waals surface area contributed by atoms with Crippen molar-refractivity contribution in [2.45, 2.75) is 43.9 Å². The molecule has 0 bridgehead atoms. The molecule has 0 unspecified atom stereocenters. The van der Waals surface area contributed by atoms with Crippen molar-refractivity contribution in [1.82, 2.24) is 0 Å². The Morgan fingerprint density at radius 1 is 1.29 bits per heavy atom. The molecule has 4 heteroatoms. The summed E-state index contributed by atoms with van der Waals surface area (Å²) in [5.41, 5.74) is -3.74. The van der Waals surface area contributed by atoms with Gasteiger partial charge >= 0.3 is 5.97 Å². The lowest BCUT2D eigenvalue weighted by Gasteiger charge is -2.33. The van der Waals surface area contributed by atoms with Gasteiger partial charge in [0.15, 0.2) is 0 Å². The Balaban J connectivity index is 2.66. The molecule has 14 heavy (non-hydrogen) atoms. The van der Waals surface area contributed by atoms with Crippen molar-refractivity contribution in [3.05, 3.63) is 12.2 Å². The van der Waals surface area contributed by atoms with Crippen molar-refractivity contribution in [2.24, 2.45) is 0 Å². The molecule has 1 rings (SSSR count). The van der Waals surface area contributed by atoms with Gasteiger partial charge in [-0.25, -0.2) is 13.6 Å². The molecule has 0 heterocycles. The molecule has 1 aliphatic carbocycles. The van der Waals surface area contributed by atoms with E-state index in [0.717, 1.165) is 0 Å². The summed E-state index contributed by atoms with van der Waals surface area (Å²) in [5, 5.41) is 8.58. The molecule has 1 aliphatic rings. The van der Waals surface area contributed by atoms with Crippen LogP contribution in [0.3, 0.4) is 0 Å². The van der Waals surface area contributed by atoms with Crippen molar-refractivity contribution < 1.29 is 18.7 Å². The summed E-state index contributed by atoms with van der Waals surface area (Å²) < 4.78 is 27.2. The number of allylic oxidation sites excluding steroid dienone is 2. The average Bonchev–Trinajstić information content (AvgIpc) is 2.11. The van der Waals surface area contributed by atoms with Crippen molar-refractivity contribution in [2.75, 3.05) is 0 Å². The number of alkyl halides is 2. The molecule has 0 spiro atoms. The van der Waals surface area contributed by atoms with Crippen molar-refractivity contribution in [3.8, 4) is 0 Å². The number of hydrogen-bond acceptors (Lipinski definition) is 1. The molecule has 0 aromatic heterocycles. The second-order valence-corrected chi connectivity index (χ2v) is 3.81. The lowest BCUT2D eigenvalue weighted by molar-refractivity contribution is -0.154. The fraction of sp³-hybridized carbons (Fsp3) is 0.700. The zero-order valence-electron chi connectivity index (χ0n) is 8.09. The third-order valence-electron chi connectivity index (χ3n) is 2.72. The SMILES string of the molecule is C/C=C/C1(F)CCC(F)(C(=O)O)CC1. The van der Waals surface area contributed by atoms with Crippen LogP contribution in [0.4, 0.5) is 8.78 Å². The minimum absolute atomic E-state index is 0.0554. The quantitative estimate of drug-likeness (QED) is 0.702. The first-order valence-corrected chi connectivity index (χ1v) is 4.67. The fourth-order valence-electron chi connectivity index (χ4n) is 1.74. The van der Waals surface area contributed by atoms with E-state index in [4.69, 9.17) is 5.11 Å². The fourth-order valence-corrected chi connectivity index (χ4v) is 1.74. The van der Waals surface area contributed by atoms with Gasteiger partial charge in [-0.1, -0.05) is 12.2 Å². The summed E-state index contributed by atoms with van der Waals surface area (Å²) in [5.74, 6) is -1.47. The molecular weight excluding hydrogens is 190 g/mol. The number of aliphatic carboxylic acids is 1. The maximum Gasteiger partial charge on any atom is 0.341 e. The largest absolute Gasteiger partial charge is 0.479 e. The number of hydrogen-bond donors (Lipinski definition) is 1. The lowest BCUT2D eigenvalue weighted by atomic mass is 9.78. The lowest BCUT2D eigenvalue weighted by Crippen LogP contribution is -2.42. The van der Waals surface area contributed by atoms with Crippen LogP contribution >= 0.6 is 0 Å². The molecular formula is C10H14F2O2. The molecule has 1 N–H and O–H groups in total. The molecule has 0 aliphatic heterocycles. The van der Waals surface area contributed by atoms with Gasteiger partial charge in [-0.2, -0.15) is 0 Å². The van der Waals surface area contributed by atoms with Crippen molar-refractivity contribution in [1.29, 1.82) is 0 Å². The van der Waals surface area contributed by atoms with Gasteiger partial charge in [0, 0.05) is 0 Å². The molecule has 0 aromatic rings. The zero-order chi connectivity index (χ0) is 10.8. The summed E-state index contributed by atoms with van der Waals surface area (Å²) >= 11 is 0. The van der Waals surface area contributed by atoms with E-state index in [-0.39, 0.29) is 25.7 Å². The first-order valence-electron chi connectivity index (χ1n) is 4.67. The molecule has 0 amide bonds. The monoisotopic (exact) mass is 204 g/mol. The van der Waals surface area contributed by atoms with Crippen LogP contribution in [0.2, 0.25) is 0 Å². The van der Waals surface area contributed by atoms with Crippen molar-refractivity contribution >= 4 is 5.97 Å². The van der Waals surface area contributed by atoms with E-state index in [1.54, 1.807) is 13.0 Å². The van der Waals surface area contributed by atoms with Crippen LogP contribution in [0.25, 0.3) is 0 Å². The second-order valence-electron chi connectivity index (χ2n) is 3.81. The highest BCUT2D eigenvalue weighted by Gasteiger charge is 2.47. The van der Waals surface area contributed by atoms with Crippen LogP contribution in [-0.4, -0.2) is 22.4 Å². The van der Waals surface area contributed by atoms with Crippen LogP contribution in [0, 0.1) is 0 Å². The van der Waals surface area contributed by atoms with Gasteiger partial charge in [0.25, 0.3) is 0 Å². The van der Waals surface area contributed by atoms with E-state index < -0.39 is 17.3 Å². The predicted molar refractivity (Wildman–Crippen MR) is 48.6 cm³/mol. The summed E-state index contributed by atoms with van der Waals surface area (Å²) in [6.45, 7) is 1.69. The van der Waals surface area contributed by atoms with Gasteiger partial charge in [-0.15, -0.1) is 0 Å². The third kappa shape index (κ3) is 2.11. The summed E-state index contributed by atoms with van der Waals surface area (Å²) in [7, 11) is 0. The number of rotatable bonds is 2. The highest BCUT2D eigenvalue weighted by Crippen LogP contribution is 2.40. The zero-order valence-corrected chi connectivity index (χ0v) is 8.09. The predicted octanol–water partition coefficient (Wildman–Crippen LogP) is 2.64. The minimum atomic E-state index is -2.23. The van der Waals surface area contributed by atoms with Gasteiger partial charge in [0.05, 0.1) is 0 Å². The van der Waals surface area contributed by atoms with E-state index in [9.17, 15) is 13.6 Å². The first-order chi connectivity index (χ1) is 6.42. The van der Waals surface area contributed by atoms with Gasteiger partial charge in [-0.3, -0.25) is 0 Å². The van der Waals surface area contributed by atoms with E-state index in [1.165, 1.54) is 6.08 Å². The van der Waals surface area contributed by atoms with Gasteiger partial charge in [0.1, 0.15) is 5.67 Å². The summed E-state index contributed by atoms with van der Waals surface area (Å²) in [6.07, 6.45) is 2.35. The van der Waals surface area contributed by atoms with E-state index in [0.29, 0.717) is 0 Å². The third-order valence-corrected chi connectivity index (χ3v) is 2.72. The second kappa shape index (κ2) is 3.67. The first kappa shape index (κ1) is 11.1. The molecule has 2 nitrogen and oxygen atoms in total. The maximum atomic E-state index is 13.7. The molecule has 80 valence electrons. The van der Waals surface area contributed by atoms with Crippen LogP contribution in [0.1, 0.15) is 32.6 Å². The maximum absolute atomic E-state index is 13.7. The topological polar surface area (TPSA) is 37.3 Å². The molecule has 0 radical (unpaired) electrons. The Kier molecular flexibility index (Phi) is 2.92. The number of carboxylic acids is 1. The molecule has 1 fully saturated rings. The highest BCUT2D eigenvalue weighted by molar-refractivity contribution is 5.77. The highest BCUT2D eigenvalue weighted by atomic mass is 19.1. The van der Waals surface area contributed by atoms with Crippen LogP contribution in [-0.2, 0) is 4.79 Å². The smallest absolute Gasteiger partial charge is 0.341 e. The molecule has 0 saturated heterocycles. The minimum Gasteiger partial charge on any atom is -0.479 e. The summed E-state index contributed by atoms with van der Waals surface area (Å²) in [6, 6.07) is 0. The number of carbonyl (C=O) groups is 1. The normalized spacial score (nSPS) is 38.8. The van der Waals surface area contributed by atoms with Crippen LogP contribution < -0.4 is 0 Å². The van der Waals surface area contributed by atoms with Crippen LogP contribution in [0.15, 0.2) is 12.2 Å². The van der Waals surface area contributed by atoms with E-state index >= 15 is 0 Å². The Hall–Kier alpha value is -0.930. The molecule has 1 saturated carbocycles. The Labute approximate surface area is 81.6 Å². The molecule has 0 atom stereocenters. The van der Waals surface area contributed by atoms with E-state index in [1.807, 2.05) is 0 Å². The van der Waals surface area contributed by atoms with E-state index in [2.05, 4.69) is 0 Å². The number of halogens is 2.